The van der Waals surface area contributed by atoms with Gasteiger partial charge in [0.25, 0.3) is 10.0 Å². The minimum absolute atomic E-state index is 0.190. The maximum absolute atomic E-state index is 13.1. The number of aromatic nitrogens is 3. The summed E-state index contributed by atoms with van der Waals surface area (Å²) in [6.45, 7) is 0.362. The van der Waals surface area contributed by atoms with Crippen molar-refractivity contribution in [2.24, 2.45) is 11.5 Å². The molecule has 0 bridgehead atoms. The molecule has 1 saturated carbocycles. The number of fused-ring (bicyclic) bond motifs is 1. The van der Waals surface area contributed by atoms with E-state index in [1.807, 2.05) is 7.05 Å². The fourth-order valence-corrected chi connectivity index (χ4v) is 4.72. The third kappa shape index (κ3) is 2.97. The number of benzene rings is 1. The van der Waals surface area contributed by atoms with Gasteiger partial charge in [0.1, 0.15) is 12.1 Å². The molecule has 9 heteroatoms. The van der Waals surface area contributed by atoms with Gasteiger partial charge in [0.05, 0.1) is 10.3 Å². The van der Waals surface area contributed by atoms with Crippen LogP contribution in [0, 0.1) is 0 Å². The summed E-state index contributed by atoms with van der Waals surface area (Å²) in [6.07, 6.45) is 4.72. The second kappa shape index (κ2) is 6.59. The van der Waals surface area contributed by atoms with E-state index in [4.69, 9.17) is 11.5 Å². The summed E-state index contributed by atoms with van der Waals surface area (Å²) in [4.78, 5) is 10.9. The summed E-state index contributed by atoms with van der Waals surface area (Å²) >= 11 is 0. The highest BCUT2D eigenvalue weighted by molar-refractivity contribution is 7.90. The highest BCUT2D eigenvalue weighted by Gasteiger charge is 2.31. The van der Waals surface area contributed by atoms with Gasteiger partial charge in [0.2, 0.25) is 0 Å². The Labute approximate surface area is 157 Å². The van der Waals surface area contributed by atoms with Crippen molar-refractivity contribution in [3.8, 4) is 0 Å². The van der Waals surface area contributed by atoms with Crippen LogP contribution >= 0.6 is 0 Å². The molecule has 2 aromatic heterocycles. The Morgan fingerprint density at radius 1 is 1.19 bits per heavy atom. The second-order valence-corrected chi connectivity index (χ2v) is 8.71. The molecule has 1 aromatic carbocycles. The van der Waals surface area contributed by atoms with Gasteiger partial charge >= 0.3 is 0 Å². The molecule has 2 heterocycles. The maximum atomic E-state index is 13.1. The molecule has 0 atom stereocenters. The Kier molecular flexibility index (Phi) is 4.37. The minimum atomic E-state index is -3.76. The molecule has 8 nitrogen and oxygen atoms in total. The Hall–Kier alpha value is -2.49. The van der Waals surface area contributed by atoms with Crippen molar-refractivity contribution < 1.29 is 8.42 Å². The van der Waals surface area contributed by atoms with E-state index >= 15 is 0 Å². The van der Waals surface area contributed by atoms with Crippen LogP contribution in [0.5, 0.6) is 0 Å². The van der Waals surface area contributed by atoms with Crippen LogP contribution in [0.3, 0.4) is 0 Å². The molecule has 0 saturated heterocycles. The number of hydrogen-bond acceptors (Lipinski definition) is 7. The zero-order valence-electron chi connectivity index (χ0n) is 15.0. The smallest absolute Gasteiger partial charge is 0.269 e. The van der Waals surface area contributed by atoms with Gasteiger partial charge in [0, 0.05) is 31.9 Å². The predicted octanol–water partition coefficient (Wildman–Crippen LogP) is 1.05. The van der Waals surface area contributed by atoms with Crippen molar-refractivity contribution in [2.45, 2.75) is 36.4 Å². The number of nitrogens with zero attached hydrogens (tertiary/aromatic N) is 4. The Bertz CT molecular complexity index is 1070. The Morgan fingerprint density at radius 3 is 2.52 bits per heavy atom. The standard InChI is InChI=1S/C18H22N6O2S/c1-23(14-8-13(20)9-14)17-16-6-7-24(18(16)22-11-21-17)27(25,26)15-4-2-12(10-19)3-5-15/h2-7,11,13-14H,8-10,19-20H2,1H3. The summed E-state index contributed by atoms with van der Waals surface area (Å²) in [5, 5.41) is 0.697. The van der Waals surface area contributed by atoms with Crippen molar-refractivity contribution in [3.63, 3.8) is 0 Å². The van der Waals surface area contributed by atoms with Crippen molar-refractivity contribution in [2.75, 3.05) is 11.9 Å². The van der Waals surface area contributed by atoms with E-state index in [1.165, 1.54) is 16.5 Å². The van der Waals surface area contributed by atoms with Gasteiger partial charge in [-0.25, -0.2) is 22.4 Å². The first-order chi connectivity index (χ1) is 12.9. The molecule has 4 rings (SSSR count). The summed E-state index contributed by atoms with van der Waals surface area (Å²) in [5.41, 5.74) is 12.7. The lowest BCUT2D eigenvalue weighted by Gasteiger charge is -2.40. The van der Waals surface area contributed by atoms with Gasteiger partial charge in [-0.05, 0) is 36.6 Å². The quantitative estimate of drug-likeness (QED) is 0.672. The van der Waals surface area contributed by atoms with Crippen molar-refractivity contribution in [3.05, 3.63) is 48.4 Å². The van der Waals surface area contributed by atoms with E-state index in [-0.39, 0.29) is 10.9 Å². The Morgan fingerprint density at radius 2 is 1.89 bits per heavy atom. The first-order valence-electron chi connectivity index (χ1n) is 8.77. The first kappa shape index (κ1) is 17.9. The van der Waals surface area contributed by atoms with Crippen molar-refractivity contribution in [1.82, 2.24) is 13.9 Å². The lowest BCUT2D eigenvalue weighted by molar-refractivity contribution is 0.339. The summed E-state index contributed by atoms with van der Waals surface area (Å²) in [5.74, 6) is 0.712. The van der Waals surface area contributed by atoms with E-state index in [0.717, 1.165) is 18.4 Å². The number of nitrogens with two attached hydrogens (primary N) is 2. The lowest BCUT2D eigenvalue weighted by Crippen LogP contribution is -2.49. The minimum Gasteiger partial charge on any atom is -0.356 e. The zero-order valence-corrected chi connectivity index (χ0v) is 15.8. The second-order valence-electron chi connectivity index (χ2n) is 6.90. The van der Waals surface area contributed by atoms with Crippen LogP contribution in [0.25, 0.3) is 11.0 Å². The topological polar surface area (TPSA) is 120 Å². The number of hydrogen-bond donors (Lipinski definition) is 2. The monoisotopic (exact) mass is 386 g/mol. The summed E-state index contributed by atoms with van der Waals surface area (Å²) in [6, 6.07) is 8.82. The van der Waals surface area contributed by atoms with Gasteiger partial charge in [-0.3, -0.25) is 0 Å². The molecule has 0 radical (unpaired) electrons. The SMILES string of the molecule is CN(c1ncnc2c1ccn2S(=O)(=O)c1ccc(CN)cc1)C1CC(N)C1. The largest absolute Gasteiger partial charge is 0.356 e. The van der Waals surface area contributed by atoms with Crippen LogP contribution in [-0.2, 0) is 16.6 Å². The fraction of sp³-hybridized carbons (Fsp3) is 0.333. The summed E-state index contributed by atoms with van der Waals surface area (Å²) < 4.78 is 27.3. The molecule has 1 aliphatic rings. The third-order valence-corrected chi connectivity index (χ3v) is 6.85. The lowest BCUT2D eigenvalue weighted by atomic mass is 9.86. The molecule has 0 amide bonds. The van der Waals surface area contributed by atoms with E-state index < -0.39 is 10.0 Å². The normalized spacial score (nSPS) is 19.8. The van der Waals surface area contributed by atoms with E-state index in [2.05, 4.69) is 14.9 Å². The van der Waals surface area contributed by atoms with Gasteiger partial charge in [-0.15, -0.1) is 0 Å². The zero-order chi connectivity index (χ0) is 19.2. The first-order valence-corrected chi connectivity index (χ1v) is 10.2. The highest BCUT2D eigenvalue weighted by Crippen LogP contribution is 2.31. The van der Waals surface area contributed by atoms with Crippen LogP contribution in [0.1, 0.15) is 18.4 Å². The molecule has 0 aliphatic heterocycles. The average Bonchev–Trinajstić information content (AvgIpc) is 3.10. The van der Waals surface area contributed by atoms with Crippen LogP contribution < -0.4 is 16.4 Å². The molecule has 142 valence electrons. The van der Waals surface area contributed by atoms with Crippen LogP contribution in [0.2, 0.25) is 0 Å². The number of anilines is 1. The molecule has 1 fully saturated rings. The van der Waals surface area contributed by atoms with Gasteiger partial charge in [0.15, 0.2) is 5.65 Å². The van der Waals surface area contributed by atoms with Crippen LogP contribution in [-0.4, -0.2) is 41.5 Å². The summed E-state index contributed by atoms with van der Waals surface area (Å²) in [7, 11) is -1.81. The van der Waals surface area contributed by atoms with E-state index in [0.29, 0.717) is 29.4 Å². The van der Waals surface area contributed by atoms with Crippen molar-refractivity contribution in [1.29, 1.82) is 0 Å². The number of rotatable bonds is 5. The highest BCUT2D eigenvalue weighted by atomic mass is 32.2. The molecule has 0 spiro atoms. The van der Waals surface area contributed by atoms with E-state index in [9.17, 15) is 8.42 Å². The van der Waals surface area contributed by atoms with E-state index in [1.54, 1.807) is 30.3 Å². The molecule has 0 unspecified atom stereocenters. The Balaban J connectivity index is 1.75. The molecular weight excluding hydrogens is 364 g/mol. The predicted molar refractivity (Wildman–Crippen MR) is 104 cm³/mol. The van der Waals surface area contributed by atoms with Gasteiger partial charge in [-0.2, -0.15) is 0 Å². The molecular formula is C18H22N6O2S. The molecule has 27 heavy (non-hydrogen) atoms. The van der Waals surface area contributed by atoms with Gasteiger partial charge in [-0.1, -0.05) is 12.1 Å². The maximum Gasteiger partial charge on any atom is 0.269 e. The van der Waals surface area contributed by atoms with Gasteiger partial charge < -0.3 is 16.4 Å². The fourth-order valence-electron chi connectivity index (χ4n) is 3.42. The van der Waals surface area contributed by atoms with Crippen LogP contribution in [0.4, 0.5) is 5.82 Å². The van der Waals surface area contributed by atoms with Crippen LogP contribution in [0.15, 0.2) is 47.8 Å². The van der Waals surface area contributed by atoms with Crippen molar-refractivity contribution >= 4 is 26.9 Å². The average molecular weight is 386 g/mol. The third-order valence-electron chi connectivity index (χ3n) is 5.17. The molecule has 3 aromatic rings. The molecule has 4 N–H and O–H groups in total. The molecule has 1 aliphatic carbocycles.